The van der Waals surface area contributed by atoms with Crippen LogP contribution < -0.4 is 4.74 Å². The molecule has 1 aliphatic heterocycles. The number of ketones is 1. The Bertz CT molecular complexity index is 405. The second-order valence-corrected chi connectivity index (χ2v) is 5.21. The van der Waals surface area contributed by atoms with Gasteiger partial charge in [0.25, 0.3) is 0 Å². The van der Waals surface area contributed by atoms with Crippen molar-refractivity contribution in [3.8, 4) is 5.75 Å². The lowest BCUT2D eigenvalue weighted by atomic mass is 10.1. The van der Waals surface area contributed by atoms with Crippen molar-refractivity contribution >= 4 is 17.5 Å². The second kappa shape index (κ2) is 6.75. The van der Waals surface area contributed by atoms with E-state index in [2.05, 4.69) is 4.98 Å². The first-order valence-electron chi connectivity index (χ1n) is 6.12. The first kappa shape index (κ1) is 13.4. The molecule has 1 atom stereocenters. The van der Waals surface area contributed by atoms with Crippen LogP contribution in [0.3, 0.4) is 0 Å². The maximum Gasteiger partial charge on any atom is 0.194 e. The molecular formula is C13H17NO3S. The Kier molecular flexibility index (Phi) is 5.01. The third kappa shape index (κ3) is 3.46. The number of ether oxygens (including phenoxy) is 2. The van der Waals surface area contributed by atoms with Gasteiger partial charge in [-0.1, -0.05) is 6.92 Å². The Morgan fingerprint density at radius 1 is 1.61 bits per heavy atom. The summed E-state index contributed by atoms with van der Waals surface area (Å²) < 4.78 is 10.9. The maximum atomic E-state index is 12.2. The van der Waals surface area contributed by atoms with E-state index in [1.807, 2.05) is 6.92 Å². The Morgan fingerprint density at radius 2 is 2.50 bits per heavy atom. The molecule has 98 valence electrons. The van der Waals surface area contributed by atoms with Crippen LogP contribution in [0.15, 0.2) is 18.5 Å². The molecule has 1 saturated heterocycles. The van der Waals surface area contributed by atoms with Crippen molar-refractivity contribution in [3.63, 3.8) is 0 Å². The molecule has 2 rings (SSSR count). The van der Waals surface area contributed by atoms with E-state index in [4.69, 9.17) is 9.47 Å². The number of rotatable bonds is 5. The van der Waals surface area contributed by atoms with Crippen LogP contribution in [0.4, 0.5) is 0 Å². The standard InChI is InChI=1S/C13H17NO3S/c1-2-3-16-11-6-10(7-14-8-11)13(15)12-9-18-5-4-17-12/h6-8,12H,2-5,9H2,1H3. The van der Waals surface area contributed by atoms with E-state index in [0.29, 0.717) is 24.5 Å². The van der Waals surface area contributed by atoms with Crippen molar-refractivity contribution in [3.05, 3.63) is 24.0 Å². The molecule has 0 bridgehead atoms. The molecule has 0 spiro atoms. The average Bonchev–Trinajstić information content (AvgIpc) is 2.45. The van der Waals surface area contributed by atoms with Crippen LogP contribution >= 0.6 is 11.8 Å². The summed E-state index contributed by atoms with van der Waals surface area (Å²) in [6, 6.07) is 1.74. The number of pyridine rings is 1. The largest absolute Gasteiger partial charge is 0.492 e. The van der Waals surface area contributed by atoms with Crippen LogP contribution in [0, 0.1) is 0 Å². The number of thioether (sulfide) groups is 1. The molecule has 18 heavy (non-hydrogen) atoms. The van der Waals surface area contributed by atoms with Gasteiger partial charge in [0.2, 0.25) is 0 Å². The van der Waals surface area contributed by atoms with Gasteiger partial charge in [0, 0.05) is 23.3 Å². The Morgan fingerprint density at radius 3 is 3.22 bits per heavy atom. The number of hydrogen-bond acceptors (Lipinski definition) is 5. The van der Waals surface area contributed by atoms with E-state index < -0.39 is 0 Å². The Labute approximate surface area is 111 Å². The molecule has 4 nitrogen and oxygen atoms in total. The topological polar surface area (TPSA) is 48.4 Å². The molecule has 0 aromatic carbocycles. The highest BCUT2D eigenvalue weighted by molar-refractivity contribution is 7.99. The zero-order valence-electron chi connectivity index (χ0n) is 10.4. The van der Waals surface area contributed by atoms with Gasteiger partial charge in [-0.15, -0.1) is 0 Å². The normalized spacial score (nSPS) is 19.5. The van der Waals surface area contributed by atoms with Gasteiger partial charge in [0.1, 0.15) is 11.9 Å². The third-order valence-electron chi connectivity index (χ3n) is 2.58. The van der Waals surface area contributed by atoms with E-state index in [1.165, 1.54) is 0 Å². The van der Waals surface area contributed by atoms with Crippen LogP contribution in [0.25, 0.3) is 0 Å². The van der Waals surface area contributed by atoms with Crippen LogP contribution in [-0.2, 0) is 4.74 Å². The van der Waals surface area contributed by atoms with Gasteiger partial charge in [0.05, 0.1) is 19.4 Å². The number of nitrogens with zero attached hydrogens (tertiary/aromatic N) is 1. The minimum Gasteiger partial charge on any atom is -0.492 e. The first-order valence-corrected chi connectivity index (χ1v) is 7.28. The predicted molar refractivity (Wildman–Crippen MR) is 71.4 cm³/mol. The number of carbonyl (C=O) groups is 1. The average molecular weight is 267 g/mol. The summed E-state index contributed by atoms with van der Waals surface area (Å²) in [7, 11) is 0. The van der Waals surface area contributed by atoms with Crippen LogP contribution in [-0.4, -0.2) is 41.6 Å². The van der Waals surface area contributed by atoms with Crippen molar-refractivity contribution in [1.82, 2.24) is 4.98 Å². The summed E-state index contributed by atoms with van der Waals surface area (Å²) in [6.07, 6.45) is 3.79. The van der Waals surface area contributed by atoms with Crippen molar-refractivity contribution in [2.24, 2.45) is 0 Å². The van der Waals surface area contributed by atoms with Gasteiger partial charge in [-0.25, -0.2) is 0 Å². The summed E-state index contributed by atoms with van der Waals surface area (Å²) >= 11 is 1.75. The van der Waals surface area contributed by atoms with E-state index in [9.17, 15) is 4.79 Å². The molecule has 0 amide bonds. The number of carbonyl (C=O) groups excluding carboxylic acids is 1. The van der Waals surface area contributed by atoms with Crippen molar-refractivity contribution in [2.75, 3.05) is 24.7 Å². The van der Waals surface area contributed by atoms with Gasteiger partial charge in [0.15, 0.2) is 5.78 Å². The lowest BCUT2D eigenvalue weighted by Crippen LogP contribution is -2.31. The molecule has 2 heterocycles. The highest BCUT2D eigenvalue weighted by Gasteiger charge is 2.24. The van der Waals surface area contributed by atoms with Crippen molar-refractivity contribution in [2.45, 2.75) is 19.4 Å². The SMILES string of the molecule is CCCOc1cncc(C(=O)C2CSCCO2)c1. The predicted octanol–water partition coefficient (Wildman–Crippen LogP) is 2.19. The molecule has 1 aromatic rings. The minimum atomic E-state index is -0.341. The summed E-state index contributed by atoms with van der Waals surface area (Å²) in [5, 5.41) is 0. The summed E-state index contributed by atoms with van der Waals surface area (Å²) in [5.41, 5.74) is 0.566. The number of hydrogen-bond donors (Lipinski definition) is 0. The van der Waals surface area contributed by atoms with Gasteiger partial charge in [-0.2, -0.15) is 11.8 Å². The zero-order chi connectivity index (χ0) is 12.8. The van der Waals surface area contributed by atoms with Crippen LogP contribution in [0.2, 0.25) is 0 Å². The molecule has 0 N–H and O–H groups in total. The highest BCUT2D eigenvalue weighted by Crippen LogP contribution is 2.19. The van der Waals surface area contributed by atoms with Crippen LogP contribution in [0.5, 0.6) is 5.75 Å². The van der Waals surface area contributed by atoms with E-state index in [1.54, 1.807) is 30.2 Å². The molecule has 1 unspecified atom stereocenters. The molecule has 0 saturated carbocycles. The van der Waals surface area contributed by atoms with E-state index in [0.717, 1.165) is 17.9 Å². The minimum absolute atomic E-state index is 0.00310. The molecule has 5 heteroatoms. The van der Waals surface area contributed by atoms with Crippen LogP contribution in [0.1, 0.15) is 23.7 Å². The second-order valence-electron chi connectivity index (χ2n) is 4.06. The quantitative estimate of drug-likeness (QED) is 0.765. The Balaban J connectivity index is 2.04. The summed E-state index contributed by atoms with van der Waals surface area (Å²) in [5.74, 6) is 2.32. The smallest absolute Gasteiger partial charge is 0.194 e. The van der Waals surface area contributed by atoms with E-state index >= 15 is 0 Å². The zero-order valence-corrected chi connectivity index (χ0v) is 11.2. The first-order chi connectivity index (χ1) is 8.81. The fourth-order valence-electron chi connectivity index (χ4n) is 1.68. The summed E-state index contributed by atoms with van der Waals surface area (Å²) in [6.45, 7) is 3.31. The lowest BCUT2D eigenvalue weighted by Gasteiger charge is -2.21. The molecule has 1 fully saturated rings. The number of Topliss-reactive ketones (excluding diaryl/α,β-unsaturated/α-hetero) is 1. The molecule has 0 radical (unpaired) electrons. The fraction of sp³-hybridized carbons (Fsp3) is 0.538. The molecule has 1 aliphatic rings. The molecule has 0 aliphatic carbocycles. The Hall–Kier alpha value is -1.07. The molecular weight excluding hydrogens is 250 g/mol. The fourth-order valence-corrected chi connectivity index (χ4v) is 2.52. The lowest BCUT2D eigenvalue weighted by molar-refractivity contribution is 0.0518. The van der Waals surface area contributed by atoms with E-state index in [-0.39, 0.29) is 11.9 Å². The van der Waals surface area contributed by atoms with Gasteiger partial charge in [-0.3, -0.25) is 9.78 Å². The van der Waals surface area contributed by atoms with Crippen molar-refractivity contribution in [1.29, 1.82) is 0 Å². The van der Waals surface area contributed by atoms with Gasteiger partial charge < -0.3 is 9.47 Å². The van der Waals surface area contributed by atoms with Gasteiger partial charge in [-0.05, 0) is 12.5 Å². The summed E-state index contributed by atoms with van der Waals surface area (Å²) in [4.78, 5) is 16.2. The monoisotopic (exact) mass is 267 g/mol. The van der Waals surface area contributed by atoms with Crippen molar-refractivity contribution < 1.29 is 14.3 Å². The van der Waals surface area contributed by atoms with Gasteiger partial charge >= 0.3 is 0 Å². The third-order valence-corrected chi connectivity index (χ3v) is 3.57. The highest BCUT2D eigenvalue weighted by atomic mass is 32.2. The maximum absolute atomic E-state index is 12.2. The number of aromatic nitrogens is 1. The molecule has 1 aromatic heterocycles.